The summed E-state index contributed by atoms with van der Waals surface area (Å²) >= 11 is 6.17. The molecule has 0 aliphatic carbocycles. The molecule has 1 unspecified atom stereocenters. The predicted molar refractivity (Wildman–Crippen MR) is 72.2 cm³/mol. The summed E-state index contributed by atoms with van der Waals surface area (Å²) in [4.78, 5) is 0. The Bertz CT molecular complexity index is 555. The number of ether oxygens (including phenoxy) is 1. The van der Waals surface area contributed by atoms with Crippen LogP contribution >= 0.6 is 11.6 Å². The molecule has 1 heterocycles. The summed E-state index contributed by atoms with van der Waals surface area (Å²) in [7, 11) is 0. The molecule has 2 rings (SSSR count). The molecule has 0 fully saturated rings. The van der Waals surface area contributed by atoms with Crippen LogP contribution in [0.15, 0.2) is 22.6 Å². The van der Waals surface area contributed by atoms with Gasteiger partial charge in [0.1, 0.15) is 5.75 Å². The van der Waals surface area contributed by atoms with Crippen LogP contribution in [0.25, 0.3) is 0 Å². The minimum Gasteiger partial charge on any atom is -0.483 e. The van der Waals surface area contributed by atoms with E-state index in [4.69, 9.17) is 26.5 Å². The van der Waals surface area contributed by atoms with Crippen molar-refractivity contribution in [3.05, 3.63) is 40.6 Å². The van der Waals surface area contributed by atoms with Gasteiger partial charge >= 0.3 is 0 Å². The smallest absolute Gasteiger partial charge is 0.253 e. The summed E-state index contributed by atoms with van der Waals surface area (Å²) in [6.07, 6.45) is 0.651. The molecule has 0 radical (unpaired) electrons. The third-order valence-corrected chi connectivity index (χ3v) is 2.88. The zero-order valence-corrected chi connectivity index (χ0v) is 11.6. The van der Waals surface area contributed by atoms with E-state index >= 15 is 0 Å². The highest BCUT2D eigenvalue weighted by atomic mass is 35.5. The monoisotopic (exact) mass is 281 g/mol. The Morgan fingerprint density at radius 1 is 1.42 bits per heavy atom. The van der Waals surface area contributed by atoms with E-state index in [2.05, 4.69) is 10.2 Å². The molecule has 0 spiro atoms. The highest BCUT2D eigenvalue weighted by molar-refractivity contribution is 6.31. The number of nitrogens with two attached hydrogens (primary N) is 1. The Balaban J connectivity index is 2.13. The number of hydrogen-bond donors (Lipinski definition) is 1. The van der Waals surface area contributed by atoms with Crippen molar-refractivity contribution in [3.63, 3.8) is 0 Å². The van der Waals surface area contributed by atoms with E-state index in [1.165, 1.54) is 0 Å². The molecule has 19 heavy (non-hydrogen) atoms. The van der Waals surface area contributed by atoms with Gasteiger partial charge in [0.25, 0.3) is 5.89 Å². The Morgan fingerprint density at radius 3 is 2.84 bits per heavy atom. The van der Waals surface area contributed by atoms with Crippen LogP contribution in [-0.4, -0.2) is 16.2 Å². The summed E-state index contributed by atoms with van der Waals surface area (Å²) in [6.45, 7) is 3.87. The number of aromatic nitrogens is 2. The van der Waals surface area contributed by atoms with Crippen molar-refractivity contribution in [1.29, 1.82) is 0 Å². The topological polar surface area (TPSA) is 74.2 Å². The van der Waals surface area contributed by atoms with Gasteiger partial charge in [0, 0.05) is 23.6 Å². The summed E-state index contributed by atoms with van der Waals surface area (Å²) in [5.41, 5.74) is 6.72. The second-order valence-corrected chi connectivity index (χ2v) is 4.81. The highest BCUT2D eigenvalue weighted by Crippen LogP contribution is 2.28. The number of halogens is 1. The Morgan fingerprint density at radius 2 is 2.21 bits per heavy atom. The molecule has 6 heteroatoms. The number of aryl methyl sites for hydroxylation is 1. The van der Waals surface area contributed by atoms with Crippen molar-refractivity contribution in [2.45, 2.75) is 32.9 Å². The number of nitrogens with zero attached hydrogens (tertiary/aromatic N) is 2. The molecule has 1 atom stereocenters. The van der Waals surface area contributed by atoms with E-state index in [-0.39, 0.29) is 12.6 Å². The number of rotatable bonds is 5. The average molecular weight is 282 g/mol. The number of benzene rings is 1. The van der Waals surface area contributed by atoms with E-state index < -0.39 is 0 Å². The largest absolute Gasteiger partial charge is 0.483 e. The van der Waals surface area contributed by atoms with Crippen LogP contribution in [-0.2, 0) is 13.0 Å². The molecule has 0 saturated carbocycles. The minimum absolute atomic E-state index is 0.00731. The molecule has 5 nitrogen and oxygen atoms in total. The van der Waals surface area contributed by atoms with Crippen molar-refractivity contribution >= 4 is 11.6 Å². The quantitative estimate of drug-likeness (QED) is 0.911. The van der Waals surface area contributed by atoms with E-state index in [1.807, 2.05) is 25.1 Å². The summed E-state index contributed by atoms with van der Waals surface area (Å²) in [5.74, 6) is 1.64. The van der Waals surface area contributed by atoms with Gasteiger partial charge < -0.3 is 14.9 Å². The van der Waals surface area contributed by atoms with Crippen LogP contribution < -0.4 is 10.5 Å². The van der Waals surface area contributed by atoms with Crippen LogP contribution in [0.2, 0.25) is 5.02 Å². The summed E-state index contributed by atoms with van der Waals surface area (Å²) < 4.78 is 10.9. The molecule has 0 bridgehead atoms. The van der Waals surface area contributed by atoms with E-state index in [9.17, 15) is 0 Å². The molecule has 2 N–H and O–H groups in total. The molecule has 1 aromatic heterocycles. The average Bonchev–Trinajstić information content (AvgIpc) is 2.75. The summed E-state index contributed by atoms with van der Waals surface area (Å²) in [6, 6.07) is 5.52. The zero-order chi connectivity index (χ0) is 13.8. The third kappa shape index (κ3) is 3.68. The lowest BCUT2D eigenvalue weighted by Crippen LogP contribution is -2.18. The first-order valence-corrected chi connectivity index (χ1v) is 6.39. The van der Waals surface area contributed by atoms with Gasteiger partial charge in [-0.05, 0) is 25.5 Å². The number of hydrogen-bond acceptors (Lipinski definition) is 5. The van der Waals surface area contributed by atoms with Crippen LogP contribution in [0.4, 0.5) is 0 Å². The van der Waals surface area contributed by atoms with Gasteiger partial charge in [-0.25, -0.2) is 0 Å². The molecule has 0 saturated heterocycles. The second-order valence-electron chi connectivity index (χ2n) is 4.40. The molecular weight excluding hydrogens is 266 g/mol. The van der Waals surface area contributed by atoms with Crippen molar-refractivity contribution < 1.29 is 9.15 Å². The first-order chi connectivity index (χ1) is 9.06. The maximum atomic E-state index is 6.17. The standard InChI is InChI=1S/C13H16ClN3O2/c1-8(15)6-10-11(14)4-3-5-12(10)18-7-13-17-16-9(2)19-13/h3-5,8H,6-7,15H2,1-2H3. The van der Waals surface area contributed by atoms with Crippen molar-refractivity contribution in [1.82, 2.24) is 10.2 Å². The van der Waals surface area contributed by atoms with Crippen LogP contribution in [0, 0.1) is 6.92 Å². The van der Waals surface area contributed by atoms with Gasteiger partial charge in [-0.15, -0.1) is 10.2 Å². The van der Waals surface area contributed by atoms with Crippen LogP contribution in [0.5, 0.6) is 5.75 Å². The van der Waals surface area contributed by atoms with E-state index in [0.29, 0.717) is 29.0 Å². The van der Waals surface area contributed by atoms with Crippen LogP contribution in [0.1, 0.15) is 24.3 Å². The van der Waals surface area contributed by atoms with Gasteiger partial charge in [-0.2, -0.15) is 0 Å². The van der Waals surface area contributed by atoms with Gasteiger partial charge in [-0.1, -0.05) is 17.7 Å². The first-order valence-electron chi connectivity index (χ1n) is 6.01. The Hall–Kier alpha value is -1.59. The second kappa shape index (κ2) is 6.04. The van der Waals surface area contributed by atoms with Crippen LogP contribution in [0.3, 0.4) is 0 Å². The molecule has 0 aliphatic heterocycles. The molecule has 2 aromatic rings. The third-order valence-electron chi connectivity index (χ3n) is 2.52. The maximum absolute atomic E-state index is 6.17. The van der Waals surface area contributed by atoms with Crippen molar-refractivity contribution in [2.75, 3.05) is 0 Å². The zero-order valence-electron chi connectivity index (χ0n) is 10.9. The fraction of sp³-hybridized carbons (Fsp3) is 0.385. The fourth-order valence-electron chi connectivity index (χ4n) is 1.73. The van der Waals surface area contributed by atoms with E-state index in [1.54, 1.807) is 6.92 Å². The fourth-order valence-corrected chi connectivity index (χ4v) is 1.97. The normalized spacial score (nSPS) is 12.4. The van der Waals surface area contributed by atoms with Gasteiger partial charge in [-0.3, -0.25) is 0 Å². The molecule has 0 amide bonds. The SMILES string of the molecule is Cc1nnc(COc2cccc(Cl)c2CC(C)N)o1. The van der Waals surface area contributed by atoms with Gasteiger partial charge in [0.2, 0.25) is 5.89 Å². The lowest BCUT2D eigenvalue weighted by molar-refractivity contribution is 0.258. The van der Waals surface area contributed by atoms with Crippen molar-refractivity contribution in [3.8, 4) is 5.75 Å². The minimum atomic E-state index is 0.00731. The molecule has 0 aliphatic rings. The Kier molecular flexibility index (Phi) is 4.39. The summed E-state index contributed by atoms with van der Waals surface area (Å²) in [5, 5.41) is 8.27. The van der Waals surface area contributed by atoms with E-state index in [0.717, 1.165) is 5.56 Å². The maximum Gasteiger partial charge on any atom is 0.253 e. The van der Waals surface area contributed by atoms with Gasteiger partial charge in [0.05, 0.1) is 0 Å². The first kappa shape index (κ1) is 13.8. The molecule has 102 valence electrons. The highest BCUT2D eigenvalue weighted by Gasteiger charge is 2.11. The molecule has 1 aromatic carbocycles. The Labute approximate surface area is 116 Å². The molecular formula is C13H16ClN3O2. The van der Waals surface area contributed by atoms with Crippen molar-refractivity contribution in [2.24, 2.45) is 5.73 Å². The van der Waals surface area contributed by atoms with Gasteiger partial charge in [0.15, 0.2) is 6.61 Å². The lowest BCUT2D eigenvalue weighted by atomic mass is 10.1. The predicted octanol–water partition coefficient (Wildman–Crippen LogP) is 2.50. The lowest BCUT2D eigenvalue weighted by Gasteiger charge is -2.13.